The number of carbonyl (C=O) groups excluding carboxylic acids is 1. The summed E-state index contributed by atoms with van der Waals surface area (Å²) in [5.74, 6) is 1.27. The number of carbonyl (C=O) groups is 1. The molecule has 2 heterocycles. The highest BCUT2D eigenvalue weighted by Crippen LogP contribution is 2.45. The Hall–Kier alpha value is -2.25. The molecule has 0 bridgehead atoms. The van der Waals surface area contributed by atoms with Crippen molar-refractivity contribution in [1.29, 1.82) is 0 Å². The van der Waals surface area contributed by atoms with Crippen molar-refractivity contribution in [2.75, 3.05) is 4.90 Å². The molecule has 4 nitrogen and oxygen atoms in total. The van der Waals surface area contributed by atoms with E-state index in [0.29, 0.717) is 28.1 Å². The number of halogens is 3. The Balaban J connectivity index is 1.58. The van der Waals surface area contributed by atoms with Crippen molar-refractivity contribution < 1.29 is 4.79 Å². The van der Waals surface area contributed by atoms with Gasteiger partial charge in [0.15, 0.2) is 0 Å². The first-order valence-corrected chi connectivity index (χ1v) is 13.2. The zero-order chi connectivity index (χ0) is 23.9. The van der Waals surface area contributed by atoms with E-state index in [-0.39, 0.29) is 5.91 Å². The number of imidazole rings is 1. The van der Waals surface area contributed by atoms with Gasteiger partial charge in [-0.05, 0) is 48.4 Å². The van der Waals surface area contributed by atoms with Crippen LogP contribution in [0.1, 0.15) is 18.1 Å². The third-order valence-electron chi connectivity index (χ3n) is 5.86. The summed E-state index contributed by atoms with van der Waals surface area (Å²) in [5.41, 5.74) is 2.01. The maximum absolute atomic E-state index is 14.0. The highest BCUT2D eigenvalue weighted by Gasteiger charge is 2.50. The average Bonchev–Trinajstić information content (AvgIpc) is 3.31. The van der Waals surface area contributed by atoms with Gasteiger partial charge in [-0.1, -0.05) is 81.6 Å². The molecule has 0 unspecified atom stereocenters. The standard InChI is InChI=1S/C26H20BrCl2N3OS/c1-26(14-17-7-9-19(27)10-8-17)24(33)31(22-12-20(28)11-21(29)13-22)25-30-15-23(32(25)26)34-16-18-5-3-2-4-6-18/h2-13,15H,14,16H2,1H3/t26-/m1/s1. The number of rotatable bonds is 6. The molecule has 1 aromatic heterocycles. The molecule has 0 saturated carbocycles. The van der Waals surface area contributed by atoms with Crippen molar-refractivity contribution in [2.24, 2.45) is 0 Å². The van der Waals surface area contributed by atoms with Gasteiger partial charge in [-0.15, -0.1) is 11.8 Å². The van der Waals surface area contributed by atoms with Crippen LogP contribution in [-0.2, 0) is 22.5 Å². The van der Waals surface area contributed by atoms with Gasteiger partial charge in [-0.3, -0.25) is 9.36 Å². The SMILES string of the molecule is C[C@@]1(Cc2ccc(Br)cc2)C(=O)N(c2cc(Cl)cc(Cl)c2)c2ncc(SCc3ccccc3)n21. The van der Waals surface area contributed by atoms with Gasteiger partial charge in [0.25, 0.3) is 5.91 Å². The molecule has 1 aliphatic rings. The Bertz CT molecular complexity index is 1340. The molecule has 1 aliphatic heterocycles. The Kier molecular flexibility index (Phi) is 6.51. The largest absolute Gasteiger partial charge is 0.289 e. The Morgan fingerprint density at radius 3 is 2.32 bits per heavy atom. The number of amides is 1. The number of fused-ring (bicyclic) bond motifs is 1. The van der Waals surface area contributed by atoms with E-state index in [1.54, 1.807) is 34.9 Å². The van der Waals surface area contributed by atoms with Crippen LogP contribution >= 0.6 is 50.9 Å². The maximum Gasteiger partial charge on any atom is 0.260 e. The van der Waals surface area contributed by atoms with Crippen molar-refractivity contribution in [3.63, 3.8) is 0 Å². The van der Waals surface area contributed by atoms with Crippen molar-refractivity contribution >= 4 is 68.4 Å². The third-order valence-corrected chi connectivity index (χ3v) is 7.89. The first-order valence-electron chi connectivity index (χ1n) is 10.7. The minimum Gasteiger partial charge on any atom is -0.289 e. The minimum absolute atomic E-state index is 0.0709. The summed E-state index contributed by atoms with van der Waals surface area (Å²) in [5, 5.41) is 1.87. The van der Waals surface area contributed by atoms with Gasteiger partial charge in [-0.25, -0.2) is 9.88 Å². The van der Waals surface area contributed by atoms with Gasteiger partial charge in [0, 0.05) is 26.7 Å². The van der Waals surface area contributed by atoms with Crippen LogP contribution in [-0.4, -0.2) is 15.5 Å². The molecule has 1 atom stereocenters. The summed E-state index contributed by atoms with van der Waals surface area (Å²) < 4.78 is 3.05. The fourth-order valence-corrected chi connectivity index (χ4v) is 6.09. The molecule has 0 aliphatic carbocycles. The number of hydrogen-bond acceptors (Lipinski definition) is 3. The van der Waals surface area contributed by atoms with Gasteiger partial charge in [0.1, 0.15) is 5.54 Å². The Morgan fingerprint density at radius 2 is 1.65 bits per heavy atom. The zero-order valence-corrected chi connectivity index (χ0v) is 22.1. The second-order valence-corrected chi connectivity index (χ2v) is 11.1. The predicted molar refractivity (Wildman–Crippen MR) is 143 cm³/mol. The molecule has 34 heavy (non-hydrogen) atoms. The van der Waals surface area contributed by atoms with Gasteiger partial charge >= 0.3 is 0 Å². The normalized spacial score (nSPS) is 17.3. The number of nitrogens with zero attached hydrogens (tertiary/aromatic N) is 3. The van der Waals surface area contributed by atoms with E-state index in [4.69, 9.17) is 23.2 Å². The van der Waals surface area contributed by atoms with Crippen LogP contribution in [0.3, 0.4) is 0 Å². The highest BCUT2D eigenvalue weighted by molar-refractivity contribution is 9.10. The zero-order valence-electron chi connectivity index (χ0n) is 18.2. The van der Waals surface area contributed by atoms with Crippen LogP contribution in [0, 0.1) is 0 Å². The van der Waals surface area contributed by atoms with Crippen molar-refractivity contribution in [3.8, 4) is 0 Å². The molecular weight excluding hydrogens is 553 g/mol. The van der Waals surface area contributed by atoms with E-state index in [1.807, 2.05) is 55.6 Å². The van der Waals surface area contributed by atoms with Crippen LogP contribution in [0.4, 0.5) is 11.6 Å². The first-order chi connectivity index (χ1) is 16.3. The summed E-state index contributed by atoms with van der Waals surface area (Å²) >= 11 is 17.7. The maximum atomic E-state index is 14.0. The quantitative estimate of drug-likeness (QED) is 0.220. The van der Waals surface area contributed by atoms with Crippen molar-refractivity contribution in [3.05, 3.63) is 105 Å². The highest BCUT2D eigenvalue weighted by atomic mass is 79.9. The Morgan fingerprint density at radius 1 is 0.971 bits per heavy atom. The van der Waals surface area contributed by atoms with Gasteiger partial charge in [-0.2, -0.15) is 0 Å². The van der Waals surface area contributed by atoms with Gasteiger partial charge in [0.05, 0.1) is 16.9 Å². The van der Waals surface area contributed by atoms with Crippen LogP contribution in [0.15, 0.2) is 88.5 Å². The van der Waals surface area contributed by atoms with Crippen molar-refractivity contribution in [1.82, 2.24) is 9.55 Å². The Labute approximate surface area is 221 Å². The fourth-order valence-electron chi connectivity index (χ4n) is 4.26. The van der Waals surface area contributed by atoms with E-state index in [2.05, 4.69) is 37.6 Å². The van der Waals surface area contributed by atoms with Crippen LogP contribution in [0.25, 0.3) is 0 Å². The van der Waals surface area contributed by atoms with E-state index >= 15 is 0 Å². The molecule has 4 aromatic rings. The molecule has 0 spiro atoms. The monoisotopic (exact) mass is 571 g/mol. The fraction of sp³-hybridized carbons (Fsp3) is 0.154. The molecule has 0 N–H and O–H groups in total. The summed E-state index contributed by atoms with van der Waals surface area (Å²) in [6, 6.07) is 23.5. The molecule has 172 valence electrons. The molecule has 0 saturated heterocycles. The molecular formula is C26H20BrCl2N3OS. The lowest BCUT2D eigenvalue weighted by Crippen LogP contribution is -2.41. The summed E-state index contributed by atoms with van der Waals surface area (Å²) in [6.07, 6.45) is 2.36. The number of benzene rings is 3. The summed E-state index contributed by atoms with van der Waals surface area (Å²) in [4.78, 5) is 20.3. The van der Waals surface area contributed by atoms with Crippen molar-refractivity contribution in [2.45, 2.75) is 29.7 Å². The van der Waals surface area contributed by atoms with Crippen LogP contribution in [0.5, 0.6) is 0 Å². The smallest absolute Gasteiger partial charge is 0.260 e. The van der Waals surface area contributed by atoms with Gasteiger partial charge in [0.2, 0.25) is 5.95 Å². The molecule has 8 heteroatoms. The molecule has 1 amide bonds. The number of hydrogen-bond donors (Lipinski definition) is 0. The lowest BCUT2D eigenvalue weighted by Gasteiger charge is -2.26. The molecule has 0 fully saturated rings. The third kappa shape index (κ3) is 4.40. The van der Waals surface area contributed by atoms with Crippen LogP contribution in [0.2, 0.25) is 10.0 Å². The average molecular weight is 573 g/mol. The lowest BCUT2D eigenvalue weighted by molar-refractivity contribution is -0.124. The summed E-state index contributed by atoms with van der Waals surface area (Å²) in [7, 11) is 0. The first kappa shape index (κ1) is 23.5. The second kappa shape index (κ2) is 9.42. The van der Waals surface area contributed by atoms with E-state index in [0.717, 1.165) is 20.8 Å². The number of anilines is 2. The number of thioether (sulfide) groups is 1. The van der Waals surface area contributed by atoms with E-state index in [1.165, 1.54) is 5.56 Å². The topological polar surface area (TPSA) is 38.1 Å². The summed E-state index contributed by atoms with van der Waals surface area (Å²) in [6.45, 7) is 1.97. The van der Waals surface area contributed by atoms with Crippen LogP contribution < -0.4 is 4.90 Å². The second-order valence-electron chi connectivity index (χ2n) is 8.35. The minimum atomic E-state index is -0.868. The molecule has 0 radical (unpaired) electrons. The predicted octanol–water partition coefficient (Wildman–Crippen LogP) is 7.88. The van der Waals surface area contributed by atoms with E-state index < -0.39 is 5.54 Å². The molecule has 3 aromatic carbocycles. The molecule has 5 rings (SSSR count). The van der Waals surface area contributed by atoms with Gasteiger partial charge < -0.3 is 0 Å². The lowest BCUT2D eigenvalue weighted by atomic mass is 9.92. The number of aromatic nitrogens is 2. The van der Waals surface area contributed by atoms with E-state index in [9.17, 15) is 4.79 Å².